The maximum Gasteiger partial charge on any atom is 0.0472 e. The minimum absolute atomic E-state index is 0.412. The van der Waals surface area contributed by atoms with Crippen molar-refractivity contribution in [3.63, 3.8) is 0 Å². The highest BCUT2D eigenvalue weighted by molar-refractivity contribution is 5.20. The summed E-state index contributed by atoms with van der Waals surface area (Å²) < 4.78 is 0. The fourth-order valence-electron chi connectivity index (χ4n) is 4.74. The Morgan fingerprint density at radius 1 is 1.19 bits per heavy atom. The molecule has 0 radical (unpaired) electrons. The molecule has 0 amide bonds. The normalized spacial score (nSPS) is 30.8. The molecule has 0 heterocycles. The number of nitrogens with zero attached hydrogens (tertiary/aromatic N) is 1. The fraction of sp³-hybridized carbons (Fsp3) is 0.684. The molecular formula is C19H30N2. The number of likely N-dealkylation sites (N-methyl/N-ethyl adjacent to an activating group) is 2. The largest absolute Gasteiger partial charge is 0.312 e. The molecule has 2 aliphatic rings. The molecule has 0 aliphatic heterocycles. The number of hydrogen-bond donors (Lipinski definition) is 1. The summed E-state index contributed by atoms with van der Waals surface area (Å²) in [4.78, 5) is 2.58. The molecule has 2 heteroatoms. The Bertz CT molecular complexity index is 444. The minimum Gasteiger partial charge on any atom is -0.312 e. The number of rotatable bonds is 6. The van der Waals surface area contributed by atoms with E-state index in [1.165, 1.54) is 37.8 Å². The van der Waals surface area contributed by atoms with E-state index in [9.17, 15) is 0 Å². The lowest BCUT2D eigenvalue weighted by Gasteiger charge is -2.35. The maximum absolute atomic E-state index is 3.52. The Hall–Kier alpha value is -0.860. The molecule has 2 aliphatic carbocycles. The molecule has 3 rings (SSSR count). The summed E-state index contributed by atoms with van der Waals surface area (Å²) in [5, 5.41) is 3.52. The molecule has 1 aromatic carbocycles. The van der Waals surface area contributed by atoms with Gasteiger partial charge in [0.15, 0.2) is 0 Å². The van der Waals surface area contributed by atoms with Crippen molar-refractivity contribution in [3.05, 3.63) is 35.9 Å². The van der Waals surface area contributed by atoms with Crippen molar-refractivity contribution < 1.29 is 0 Å². The molecule has 0 saturated heterocycles. The van der Waals surface area contributed by atoms with Gasteiger partial charge in [-0.1, -0.05) is 36.8 Å². The van der Waals surface area contributed by atoms with E-state index in [4.69, 9.17) is 0 Å². The van der Waals surface area contributed by atoms with Crippen LogP contribution in [0.25, 0.3) is 0 Å². The van der Waals surface area contributed by atoms with Crippen LogP contribution in [0.2, 0.25) is 0 Å². The van der Waals surface area contributed by atoms with Crippen LogP contribution in [0.5, 0.6) is 0 Å². The summed E-state index contributed by atoms with van der Waals surface area (Å²) in [6.45, 7) is 3.63. The van der Waals surface area contributed by atoms with Crippen molar-refractivity contribution in [1.29, 1.82) is 0 Å². The molecule has 1 N–H and O–H groups in total. The van der Waals surface area contributed by atoms with Gasteiger partial charge < -0.3 is 10.2 Å². The van der Waals surface area contributed by atoms with E-state index in [0.717, 1.165) is 17.8 Å². The highest BCUT2D eigenvalue weighted by atomic mass is 15.2. The first-order valence-corrected chi connectivity index (χ1v) is 8.61. The van der Waals surface area contributed by atoms with E-state index in [-0.39, 0.29) is 0 Å². The molecule has 2 nitrogen and oxygen atoms in total. The van der Waals surface area contributed by atoms with Crippen LogP contribution in [-0.2, 0) is 0 Å². The first kappa shape index (κ1) is 15.1. The monoisotopic (exact) mass is 286 g/mol. The zero-order valence-corrected chi connectivity index (χ0v) is 13.8. The predicted molar refractivity (Wildman–Crippen MR) is 89.3 cm³/mol. The van der Waals surface area contributed by atoms with E-state index in [0.29, 0.717) is 12.1 Å². The van der Waals surface area contributed by atoms with Crippen LogP contribution in [0.15, 0.2) is 30.3 Å². The third-order valence-corrected chi connectivity index (χ3v) is 6.05. The summed E-state index contributed by atoms with van der Waals surface area (Å²) in [6, 6.07) is 11.8. The summed E-state index contributed by atoms with van der Waals surface area (Å²) in [6.07, 6.45) is 5.99. The standard InChI is InChI=1S/C19H30N2/c1-14(19(20-2)16-7-5-4-6-8-16)21(3)13-18-12-15-9-10-17(18)11-15/h4-8,14-15,17-20H,9-13H2,1-3H3. The van der Waals surface area contributed by atoms with Crippen LogP contribution in [0, 0.1) is 17.8 Å². The lowest BCUT2D eigenvalue weighted by atomic mass is 9.88. The van der Waals surface area contributed by atoms with Gasteiger partial charge in [0.25, 0.3) is 0 Å². The van der Waals surface area contributed by atoms with Crippen LogP contribution in [0.4, 0.5) is 0 Å². The molecule has 1 aromatic rings. The van der Waals surface area contributed by atoms with E-state index in [2.05, 4.69) is 61.6 Å². The molecule has 21 heavy (non-hydrogen) atoms. The highest BCUT2D eigenvalue weighted by Gasteiger charge is 2.40. The van der Waals surface area contributed by atoms with Gasteiger partial charge in [0.1, 0.15) is 0 Å². The first-order valence-electron chi connectivity index (χ1n) is 8.61. The third-order valence-electron chi connectivity index (χ3n) is 6.05. The summed E-state index contributed by atoms with van der Waals surface area (Å²) >= 11 is 0. The van der Waals surface area contributed by atoms with Crippen LogP contribution in [0.1, 0.15) is 44.2 Å². The second-order valence-corrected chi connectivity index (χ2v) is 7.29. The lowest BCUT2D eigenvalue weighted by molar-refractivity contribution is 0.156. The van der Waals surface area contributed by atoms with Crippen molar-refractivity contribution in [2.45, 2.75) is 44.7 Å². The maximum atomic E-state index is 3.52. The van der Waals surface area contributed by atoms with Gasteiger partial charge >= 0.3 is 0 Å². The predicted octanol–water partition coefficient (Wildman–Crippen LogP) is 3.70. The van der Waals surface area contributed by atoms with Crippen LogP contribution in [-0.4, -0.2) is 31.6 Å². The first-order chi connectivity index (χ1) is 10.2. The molecule has 0 aromatic heterocycles. The van der Waals surface area contributed by atoms with Crippen LogP contribution in [0.3, 0.4) is 0 Å². The molecular weight excluding hydrogens is 256 g/mol. The van der Waals surface area contributed by atoms with Crippen LogP contribution >= 0.6 is 0 Å². The van der Waals surface area contributed by atoms with Crippen molar-refractivity contribution in [1.82, 2.24) is 10.2 Å². The Balaban J connectivity index is 1.61. The molecule has 5 atom stereocenters. The van der Waals surface area contributed by atoms with Gasteiger partial charge in [-0.2, -0.15) is 0 Å². The van der Waals surface area contributed by atoms with Gasteiger partial charge in [-0.3, -0.25) is 0 Å². The number of nitrogens with one attached hydrogen (secondary N) is 1. The van der Waals surface area contributed by atoms with E-state index >= 15 is 0 Å². The fourth-order valence-corrected chi connectivity index (χ4v) is 4.74. The zero-order chi connectivity index (χ0) is 14.8. The second-order valence-electron chi connectivity index (χ2n) is 7.29. The second kappa shape index (κ2) is 6.50. The Kier molecular flexibility index (Phi) is 4.66. The van der Waals surface area contributed by atoms with Gasteiger partial charge in [-0.05, 0) is 63.6 Å². The minimum atomic E-state index is 0.412. The topological polar surface area (TPSA) is 15.3 Å². The summed E-state index contributed by atoms with van der Waals surface area (Å²) in [5.41, 5.74) is 1.40. The third kappa shape index (κ3) is 3.17. The SMILES string of the molecule is CNC(c1ccccc1)C(C)N(C)CC1CC2CCC1C2. The smallest absolute Gasteiger partial charge is 0.0472 e. The van der Waals surface area contributed by atoms with Crippen molar-refractivity contribution >= 4 is 0 Å². The molecule has 116 valence electrons. The Labute approximate surface area is 129 Å². The van der Waals surface area contributed by atoms with Crippen molar-refractivity contribution in [3.8, 4) is 0 Å². The summed E-state index contributed by atoms with van der Waals surface area (Å²) in [7, 11) is 4.39. The molecule has 2 fully saturated rings. The number of benzene rings is 1. The highest BCUT2D eigenvalue weighted by Crippen LogP contribution is 2.48. The average Bonchev–Trinajstić information content (AvgIpc) is 3.11. The van der Waals surface area contributed by atoms with Gasteiger partial charge in [-0.25, -0.2) is 0 Å². The molecule has 2 bridgehead atoms. The Morgan fingerprint density at radius 3 is 2.52 bits per heavy atom. The van der Waals surface area contributed by atoms with Gasteiger partial charge in [0.2, 0.25) is 0 Å². The van der Waals surface area contributed by atoms with Crippen molar-refractivity contribution in [2.75, 3.05) is 20.6 Å². The zero-order valence-electron chi connectivity index (χ0n) is 13.8. The average molecular weight is 286 g/mol. The lowest BCUT2D eigenvalue weighted by Crippen LogP contribution is -2.42. The van der Waals surface area contributed by atoms with E-state index in [1.807, 2.05) is 0 Å². The molecule has 2 saturated carbocycles. The van der Waals surface area contributed by atoms with E-state index in [1.54, 1.807) is 0 Å². The van der Waals surface area contributed by atoms with Crippen LogP contribution < -0.4 is 5.32 Å². The summed E-state index contributed by atoms with van der Waals surface area (Å²) in [5.74, 6) is 3.02. The molecule has 5 unspecified atom stereocenters. The van der Waals surface area contributed by atoms with Crippen molar-refractivity contribution in [2.24, 2.45) is 17.8 Å². The number of hydrogen-bond acceptors (Lipinski definition) is 2. The van der Waals surface area contributed by atoms with Gasteiger partial charge in [0, 0.05) is 18.6 Å². The quantitative estimate of drug-likeness (QED) is 0.857. The Morgan fingerprint density at radius 2 is 1.95 bits per heavy atom. The molecule has 0 spiro atoms. The van der Waals surface area contributed by atoms with E-state index < -0.39 is 0 Å². The van der Waals surface area contributed by atoms with Gasteiger partial charge in [-0.15, -0.1) is 0 Å². The number of fused-ring (bicyclic) bond motifs is 2. The van der Waals surface area contributed by atoms with Gasteiger partial charge in [0.05, 0.1) is 0 Å².